The predicted octanol–water partition coefficient (Wildman–Crippen LogP) is -14.8. The third-order valence-corrected chi connectivity index (χ3v) is 1.01. The zero-order valence-corrected chi connectivity index (χ0v) is 19.7. The molecule has 0 saturated carbocycles. The molecule has 18 heavy (non-hydrogen) atoms. The van der Waals surface area contributed by atoms with Gasteiger partial charge < -0.3 is 29.1 Å². The second-order valence-corrected chi connectivity index (χ2v) is 3.00. The Morgan fingerprint density at radius 2 is 1.17 bits per heavy atom. The summed E-state index contributed by atoms with van der Waals surface area (Å²) >= 11 is 0. The molecular weight excluding hydrogens is 303 g/mol. The van der Waals surface area contributed by atoms with Crippen molar-refractivity contribution in [1.82, 2.24) is 0 Å². The maximum atomic E-state index is 10.1. The monoisotopic (exact) mass is 308 g/mol. The number of rotatable bonds is 1. The number of carboxylic acid groups (broad SMARTS) is 1. The normalized spacial score (nSPS) is 7.72. The van der Waals surface area contributed by atoms with Crippen LogP contribution in [-0.4, -0.2) is 5.97 Å². The first-order valence-corrected chi connectivity index (χ1v) is 4.76. The maximum absolute atomic E-state index is 10.1. The summed E-state index contributed by atoms with van der Waals surface area (Å²) in [5, 5.41) is 10.1. The smallest absolute Gasteiger partial charge is 0.822 e. The van der Waals surface area contributed by atoms with Crippen molar-refractivity contribution in [3.05, 3.63) is 35.9 Å². The van der Waals surface area contributed by atoms with Crippen LogP contribution >= 0.6 is 7.82 Å². The number of carboxylic acids is 1. The van der Waals surface area contributed by atoms with E-state index in [4.69, 9.17) is 19.2 Å². The van der Waals surface area contributed by atoms with E-state index in [-0.39, 0.29) is 124 Å². The molecule has 0 unspecified atom stereocenters. The van der Waals surface area contributed by atoms with Crippen molar-refractivity contribution < 1.29 is 147 Å². The van der Waals surface area contributed by atoms with Crippen molar-refractivity contribution in [2.75, 3.05) is 0 Å². The molecule has 1 aromatic carbocycles. The Balaban J connectivity index is -0.0000000567. The molecule has 1 rings (SSSR count). The Morgan fingerprint density at radius 3 is 1.33 bits per heavy atom. The number of carbonyl (C=O) groups is 1. The zero-order valence-electron chi connectivity index (χ0n) is 10.8. The topological polar surface area (TPSA) is 126 Å². The Hall–Kier alpha value is 2.80. The summed E-state index contributed by atoms with van der Waals surface area (Å²) < 4.78 is 8.55. The molecular formula is C7H5Na4O6P. The summed E-state index contributed by atoms with van der Waals surface area (Å²) in [6.07, 6.45) is 0. The minimum absolute atomic E-state index is 0. The van der Waals surface area contributed by atoms with Gasteiger partial charge in [-0.1, -0.05) is 30.3 Å². The number of carbonyl (C=O) groups excluding carboxylic acids is 1. The molecule has 0 aliphatic rings. The van der Waals surface area contributed by atoms with Gasteiger partial charge in [0.05, 0.1) is 5.97 Å². The molecule has 0 spiro atoms. The first-order chi connectivity index (χ1) is 6.30. The third kappa shape index (κ3) is 27.2. The molecule has 0 aromatic heterocycles. The Labute approximate surface area is 193 Å². The van der Waals surface area contributed by atoms with Crippen molar-refractivity contribution in [3.8, 4) is 0 Å². The molecule has 0 atom stereocenters. The molecule has 0 aliphatic heterocycles. The van der Waals surface area contributed by atoms with Gasteiger partial charge in [0.25, 0.3) is 0 Å². The van der Waals surface area contributed by atoms with E-state index >= 15 is 0 Å². The number of aromatic carboxylic acids is 1. The molecule has 0 saturated heterocycles. The van der Waals surface area contributed by atoms with E-state index in [0.717, 1.165) is 0 Å². The van der Waals surface area contributed by atoms with Gasteiger partial charge in [-0.15, -0.1) is 0 Å². The van der Waals surface area contributed by atoms with Crippen LogP contribution < -0.4 is 138 Å². The summed E-state index contributed by atoms with van der Waals surface area (Å²) in [4.78, 5) is 35.7. The standard InChI is InChI=1S/C7H6O2.4Na.H3O4P/c8-7(9)6-4-2-1-3-5-6;;;;;1-5(2,3)4/h1-5H,(H,8,9);;;;;(H3,1,2,3,4)/q;4*+1;/p-4. The van der Waals surface area contributed by atoms with E-state index in [1.165, 1.54) is 12.1 Å². The first-order valence-electron chi connectivity index (χ1n) is 3.30. The maximum Gasteiger partial charge on any atom is 1.00 e. The molecule has 0 fully saturated rings. The van der Waals surface area contributed by atoms with Crippen LogP contribution in [0, 0.1) is 0 Å². The van der Waals surface area contributed by atoms with E-state index in [1.807, 2.05) is 0 Å². The van der Waals surface area contributed by atoms with Gasteiger partial charge in [0.2, 0.25) is 0 Å². The average Bonchev–Trinajstić information content (AvgIpc) is 2.03. The van der Waals surface area contributed by atoms with Crippen LogP contribution in [-0.2, 0) is 4.57 Å². The molecule has 0 amide bonds. The second-order valence-electron chi connectivity index (χ2n) is 2.10. The Bertz CT molecular complexity index is 335. The fraction of sp³-hybridized carbons (Fsp3) is 0. The van der Waals surface area contributed by atoms with Crippen molar-refractivity contribution in [3.63, 3.8) is 0 Å². The van der Waals surface area contributed by atoms with Crippen LogP contribution in [0.1, 0.15) is 10.4 Å². The van der Waals surface area contributed by atoms with Crippen molar-refractivity contribution in [2.24, 2.45) is 0 Å². The van der Waals surface area contributed by atoms with Gasteiger partial charge in [0, 0.05) is 0 Å². The van der Waals surface area contributed by atoms with Gasteiger partial charge in [-0.3, -0.25) is 0 Å². The third-order valence-electron chi connectivity index (χ3n) is 1.01. The van der Waals surface area contributed by atoms with E-state index in [9.17, 15) is 9.90 Å². The van der Waals surface area contributed by atoms with E-state index in [1.54, 1.807) is 18.2 Å². The number of hydrogen-bond acceptors (Lipinski definition) is 6. The summed E-state index contributed by atoms with van der Waals surface area (Å²) in [5.74, 6) is -1.13. The van der Waals surface area contributed by atoms with Crippen molar-refractivity contribution >= 4 is 13.8 Å². The molecule has 78 valence electrons. The molecule has 0 bridgehead atoms. The second kappa shape index (κ2) is 17.9. The van der Waals surface area contributed by atoms with E-state index in [0.29, 0.717) is 0 Å². The Kier molecular flexibility index (Phi) is 32.4. The molecule has 1 aromatic rings. The summed E-state index contributed by atoms with van der Waals surface area (Å²) in [6, 6.07) is 8.06. The SMILES string of the molecule is O=C([O-])c1ccccc1.O=P([O-])([O-])[O-].[Na+].[Na+].[Na+].[Na+]. The minimum Gasteiger partial charge on any atom is -0.822 e. The fourth-order valence-corrected chi connectivity index (χ4v) is 0.574. The number of hydrogen-bond donors (Lipinski definition) is 0. The summed E-state index contributed by atoms with van der Waals surface area (Å²) in [7, 11) is -5.39. The first kappa shape index (κ1) is 32.7. The van der Waals surface area contributed by atoms with Gasteiger partial charge in [-0.2, -0.15) is 7.82 Å². The van der Waals surface area contributed by atoms with Gasteiger partial charge in [0.1, 0.15) is 0 Å². The quantitative estimate of drug-likeness (QED) is 0.374. The zero-order chi connectivity index (χ0) is 11.2. The predicted molar refractivity (Wildman–Crippen MR) is 38.4 cm³/mol. The average molecular weight is 308 g/mol. The molecule has 0 aliphatic carbocycles. The van der Waals surface area contributed by atoms with E-state index < -0.39 is 13.8 Å². The summed E-state index contributed by atoms with van der Waals surface area (Å²) in [5.41, 5.74) is 0.220. The van der Waals surface area contributed by atoms with Crippen molar-refractivity contribution in [2.45, 2.75) is 0 Å². The van der Waals surface area contributed by atoms with Crippen LogP contribution in [0.3, 0.4) is 0 Å². The summed E-state index contributed by atoms with van der Waals surface area (Å²) in [6.45, 7) is 0. The van der Waals surface area contributed by atoms with Crippen LogP contribution in [0.15, 0.2) is 30.3 Å². The van der Waals surface area contributed by atoms with Gasteiger partial charge in [0.15, 0.2) is 0 Å². The number of benzene rings is 1. The molecule has 0 radical (unpaired) electrons. The molecule has 0 heterocycles. The van der Waals surface area contributed by atoms with Gasteiger partial charge >= 0.3 is 118 Å². The molecule has 0 N–H and O–H groups in total. The van der Waals surface area contributed by atoms with Crippen molar-refractivity contribution in [1.29, 1.82) is 0 Å². The molecule has 6 nitrogen and oxygen atoms in total. The Morgan fingerprint density at radius 1 is 0.889 bits per heavy atom. The van der Waals surface area contributed by atoms with Crippen LogP contribution in [0.4, 0.5) is 0 Å². The van der Waals surface area contributed by atoms with Crippen LogP contribution in [0.5, 0.6) is 0 Å². The van der Waals surface area contributed by atoms with Gasteiger partial charge in [-0.25, -0.2) is 0 Å². The van der Waals surface area contributed by atoms with Gasteiger partial charge in [-0.05, 0) is 5.56 Å². The molecule has 11 heteroatoms. The van der Waals surface area contributed by atoms with Crippen LogP contribution in [0.25, 0.3) is 0 Å². The fourth-order valence-electron chi connectivity index (χ4n) is 0.574. The number of phosphoric acid groups is 1. The largest absolute Gasteiger partial charge is 1.00 e. The van der Waals surface area contributed by atoms with Crippen LogP contribution in [0.2, 0.25) is 0 Å². The minimum atomic E-state index is -5.39. The van der Waals surface area contributed by atoms with E-state index in [2.05, 4.69) is 0 Å².